The Kier molecular flexibility index (Phi) is 7.99. The smallest absolute Gasteiger partial charge is 0.138 e. The number of hydrogen-bond acceptors (Lipinski definition) is 3. The summed E-state index contributed by atoms with van der Waals surface area (Å²) in [5, 5.41) is 9.29. The molecule has 2 aromatic carbocycles. The summed E-state index contributed by atoms with van der Waals surface area (Å²) in [6, 6.07) is 20.9. The van der Waals surface area contributed by atoms with Crippen molar-refractivity contribution in [3.63, 3.8) is 0 Å². The lowest BCUT2D eigenvalue weighted by Crippen LogP contribution is -1.97. The highest BCUT2D eigenvalue weighted by Crippen LogP contribution is 2.25. The van der Waals surface area contributed by atoms with Crippen molar-refractivity contribution >= 4 is 6.08 Å². The van der Waals surface area contributed by atoms with Crippen LogP contribution in [0, 0.1) is 0 Å². The zero-order valence-corrected chi connectivity index (χ0v) is 17.5. The number of pyridine rings is 1. The molecule has 0 saturated carbocycles. The first-order valence-corrected chi connectivity index (χ1v) is 10.4. The van der Waals surface area contributed by atoms with Crippen molar-refractivity contribution in [2.24, 2.45) is 0 Å². The van der Waals surface area contributed by atoms with E-state index in [0.29, 0.717) is 6.61 Å². The Hall–Kier alpha value is -3.17. The maximum absolute atomic E-state index is 9.29. The molecular formula is C27H29NO2. The van der Waals surface area contributed by atoms with Crippen molar-refractivity contribution in [2.75, 3.05) is 6.61 Å². The van der Waals surface area contributed by atoms with Crippen molar-refractivity contribution < 1.29 is 9.84 Å². The fourth-order valence-electron chi connectivity index (χ4n) is 3.16. The lowest BCUT2D eigenvalue weighted by molar-refractivity contribution is 0.182. The molecule has 0 aliphatic heterocycles. The summed E-state index contributed by atoms with van der Waals surface area (Å²) in [5.74, 6) is 0.743. The normalized spacial score (nSPS) is 12.1. The number of aromatic nitrogens is 1. The molecule has 3 heteroatoms. The average molecular weight is 400 g/mol. The summed E-state index contributed by atoms with van der Waals surface area (Å²) < 4.78 is 5.48. The van der Waals surface area contributed by atoms with Crippen LogP contribution in [0.5, 0.6) is 5.75 Å². The van der Waals surface area contributed by atoms with E-state index >= 15 is 0 Å². The van der Waals surface area contributed by atoms with Crippen LogP contribution in [0.25, 0.3) is 28.5 Å². The van der Waals surface area contributed by atoms with Crippen LogP contribution in [0.15, 0.2) is 85.6 Å². The van der Waals surface area contributed by atoms with Gasteiger partial charge in [0.2, 0.25) is 0 Å². The van der Waals surface area contributed by atoms with Crippen LogP contribution in [-0.2, 0) is 0 Å². The number of hydrogen-bond donors (Lipinski definition) is 1. The van der Waals surface area contributed by atoms with Gasteiger partial charge in [0.05, 0.1) is 18.0 Å². The van der Waals surface area contributed by atoms with Gasteiger partial charge >= 0.3 is 0 Å². The lowest BCUT2D eigenvalue weighted by atomic mass is 10.0. The average Bonchev–Trinajstić information content (AvgIpc) is 2.78. The van der Waals surface area contributed by atoms with Gasteiger partial charge in [-0.3, -0.25) is 4.98 Å². The maximum Gasteiger partial charge on any atom is 0.138 e. The molecule has 3 rings (SSSR count). The first kappa shape index (κ1) is 21.5. The first-order valence-electron chi connectivity index (χ1n) is 10.4. The molecule has 1 heterocycles. The molecule has 0 fully saturated rings. The predicted octanol–water partition coefficient (Wildman–Crippen LogP) is 6.54. The molecule has 1 N–H and O–H groups in total. The van der Waals surface area contributed by atoms with Crippen molar-refractivity contribution in [3.8, 4) is 28.1 Å². The Balaban J connectivity index is 1.60. The predicted molar refractivity (Wildman–Crippen MR) is 125 cm³/mol. The van der Waals surface area contributed by atoms with Crippen LogP contribution in [0.4, 0.5) is 0 Å². The van der Waals surface area contributed by atoms with Crippen LogP contribution in [0.3, 0.4) is 0 Å². The molecule has 1 atom stereocenters. The number of nitrogens with zero attached hydrogens (tertiary/aromatic N) is 1. The standard InChI is InChI=1S/C27H29NO2/c1-3-19-30-26-17-18-27(28-20-26)25-15-13-24(14-16-25)23-11-9-22(10-12-23)8-6-4-5-7-21(2)29/h3,6,8-18,20-21,29H,1,4-5,7,19H2,2H3. The number of benzene rings is 2. The number of rotatable bonds is 10. The Morgan fingerprint density at radius 3 is 2.23 bits per heavy atom. The summed E-state index contributed by atoms with van der Waals surface area (Å²) in [6.07, 6.45) is 10.4. The minimum Gasteiger partial charge on any atom is -0.488 e. The van der Waals surface area contributed by atoms with Gasteiger partial charge in [-0.1, -0.05) is 73.3 Å². The molecule has 0 aliphatic carbocycles. The molecular weight excluding hydrogens is 370 g/mol. The van der Waals surface area contributed by atoms with Gasteiger partial charge in [0.1, 0.15) is 12.4 Å². The molecule has 3 aromatic rings. The molecule has 154 valence electrons. The molecule has 30 heavy (non-hydrogen) atoms. The Labute approximate surface area is 179 Å². The minimum atomic E-state index is -0.212. The summed E-state index contributed by atoms with van der Waals surface area (Å²) in [4.78, 5) is 4.49. The molecule has 0 spiro atoms. The largest absolute Gasteiger partial charge is 0.488 e. The fraction of sp³-hybridized carbons (Fsp3) is 0.222. The second kappa shape index (κ2) is 11.1. The molecule has 1 unspecified atom stereocenters. The van der Waals surface area contributed by atoms with Gasteiger partial charge in [-0.05, 0) is 55.0 Å². The molecule has 1 aromatic heterocycles. The van der Waals surface area contributed by atoms with Crippen molar-refractivity contribution in [3.05, 3.63) is 91.2 Å². The van der Waals surface area contributed by atoms with Gasteiger partial charge in [-0.2, -0.15) is 0 Å². The molecule has 0 bridgehead atoms. The zero-order valence-electron chi connectivity index (χ0n) is 17.5. The van der Waals surface area contributed by atoms with Crippen molar-refractivity contribution in [1.29, 1.82) is 0 Å². The van der Waals surface area contributed by atoms with E-state index in [1.807, 2.05) is 19.1 Å². The maximum atomic E-state index is 9.29. The fourth-order valence-corrected chi connectivity index (χ4v) is 3.16. The third-order valence-corrected chi connectivity index (χ3v) is 4.83. The first-order chi connectivity index (χ1) is 14.7. The summed E-state index contributed by atoms with van der Waals surface area (Å²) >= 11 is 0. The van der Waals surface area contributed by atoms with Gasteiger partial charge in [-0.25, -0.2) is 0 Å². The monoisotopic (exact) mass is 399 g/mol. The van der Waals surface area contributed by atoms with Crippen molar-refractivity contribution in [1.82, 2.24) is 4.98 Å². The summed E-state index contributed by atoms with van der Waals surface area (Å²) in [7, 11) is 0. The van der Waals surface area contributed by atoms with Crippen LogP contribution in [0.1, 0.15) is 31.7 Å². The van der Waals surface area contributed by atoms with E-state index in [9.17, 15) is 5.11 Å². The Morgan fingerprint density at radius 1 is 0.967 bits per heavy atom. The SMILES string of the molecule is C=CCOc1ccc(-c2ccc(-c3ccc(C=CCCCC(C)O)cc3)cc2)nc1. The van der Waals surface area contributed by atoms with Gasteiger partial charge in [0, 0.05) is 5.56 Å². The van der Waals surface area contributed by atoms with Gasteiger partial charge in [0.25, 0.3) is 0 Å². The van der Waals surface area contributed by atoms with E-state index in [4.69, 9.17) is 4.74 Å². The number of unbranched alkanes of at least 4 members (excludes halogenated alkanes) is 1. The van der Waals surface area contributed by atoms with E-state index in [1.165, 1.54) is 16.7 Å². The highest BCUT2D eigenvalue weighted by molar-refractivity contribution is 5.70. The number of aliphatic hydroxyl groups is 1. The van der Waals surface area contributed by atoms with E-state index in [-0.39, 0.29) is 6.10 Å². The topological polar surface area (TPSA) is 42.4 Å². The third-order valence-electron chi connectivity index (χ3n) is 4.83. The van der Waals surface area contributed by atoms with Crippen LogP contribution < -0.4 is 4.74 Å². The van der Waals surface area contributed by atoms with Crippen LogP contribution >= 0.6 is 0 Å². The highest BCUT2D eigenvalue weighted by atomic mass is 16.5. The van der Waals surface area contributed by atoms with E-state index < -0.39 is 0 Å². The van der Waals surface area contributed by atoms with Gasteiger partial charge < -0.3 is 9.84 Å². The van der Waals surface area contributed by atoms with Crippen LogP contribution in [0.2, 0.25) is 0 Å². The lowest BCUT2D eigenvalue weighted by Gasteiger charge is -2.07. The van der Waals surface area contributed by atoms with E-state index in [2.05, 4.69) is 72.2 Å². The molecule has 3 nitrogen and oxygen atoms in total. The third kappa shape index (κ3) is 6.43. The number of aliphatic hydroxyl groups excluding tert-OH is 1. The minimum absolute atomic E-state index is 0.212. The van der Waals surface area contributed by atoms with Crippen molar-refractivity contribution in [2.45, 2.75) is 32.3 Å². The van der Waals surface area contributed by atoms with Gasteiger partial charge in [0.15, 0.2) is 0 Å². The Bertz CT molecular complexity index is 940. The molecule has 0 radical (unpaired) electrons. The highest BCUT2D eigenvalue weighted by Gasteiger charge is 2.03. The molecule has 0 aliphatic rings. The van der Waals surface area contributed by atoms with Crippen LogP contribution in [-0.4, -0.2) is 22.8 Å². The second-order valence-corrected chi connectivity index (χ2v) is 7.36. The molecule has 0 saturated heterocycles. The van der Waals surface area contributed by atoms with E-state index in [1.54, 1.807) is 12.3 Å². The second-order valence-electron chi connectivity index (χ2n) is 7.36. The summed E-state index contributed by atoms with van der Waals surface area (Å²) in [5.41, 5.74) is 5.55. The molecule has 0 amide bonds. The quantitative estimate of drug-likeness (QED) is 0.311. The summed E-state index contributed by atoms with van der Waals surface area (Å²) in [6.45, 7) is 5.96. The number of allylic oxidation sites excluding steroid dienone is 1. The van der Waals surface area contributed by atoms with E-state index in [0.717, 1.165) is 36.3 Å². The Morgan fingerprint density at radius 2 is 1.63 bits per heavy atom. The number of ether oxygens (including phenoxy) is 1. The van der Waals surface area contributed by atoms with Gasteiger partial charge in [-0.15, -0.1) is 0 Å². The zero-order chi connectivity index (χ0) is 21.2.